The van der Waals surface area contributed by atoms with Crippen molar-refractivity contribution in [3.63, 3.8) is 0 Å². The van der Waals surface area contributed by atoms with Crippen LogP contribution >= 0.6 is 11.6 Å². The fraction of sp³-hybridized carbons (Fsp3) is 0.304. The van der Waals surface area contributed by atoms with Crippen LogP contribution in [0.4, 0.5) is 5.69 Å². The van der Waals surface area contributed by atoms with Gasteiger partial charge in [-0.3, -0.25) is 9.59 Å². The number of halogens is 1. The van der Waals surface area contributed by atoms with Crippen LogP contribution in [-0.2, 0) is 11.3 Å². The third kappa shape index (κ3) is 4.61. The predicted molar refractivity (Wildman–Crippen MR) is 115 cm³/mol. The first-order chi connectivity index (χ1) is 15.1. The maximum Gasteiger partial charge on any atom is 0.254 e. The number of rotatable bonds is 7. The summed E-state index contributed by atoms with van der Waals surface area (Å²) >= 11 is 5.93. The van der Waals surface area contributed by atoms with Crippen molar-refractivity contribution in [3.05, 3.63) is 65.0 Å². The SMILES string of the molecule is O=C(Nc1ccc(C(=O)N(Cc2nnc(-c3ccc(Cl)cc3)o2)C2CC2)cc1)C1CC1. The molecule has 2 aliphatic rings. The van der Waals surface area contributed by atoms with E-state index in [4.69, 9.17) is 16.0 Å². The highest BCUT2D eigenvalue weighted by Gasteiger charge is 2.34. The van der Waals surface area contributed by atoms with Crippen LogP contribution in [0.25, 0.3) is 11.5 Å². The van der Waals surface area contributed by atoms with E-state index in [1.807, 2.05) is 12.1 Å². The van der Waals surface area contributed by atoms with Crippen LogP contribution in [0.15, 0.2) is 52.9 Å². The smallest absolute Gasteiger partial charge is 0.254 e. The Bertz CT molecular complexity index is 1100. The van der Waals surface area contributed by atoms with Gasteiger partial charge in [-0.15, -0.1) is 10.2 Å². The van der Waals surface area contributed by atoms with Crippen molar-refractivity contribution >= 4 is 29.1 Å². The zero-order chi connectivity index (χ0) is 21.4. The molecule has 2 amide bonds. The Kier molecular flexibility index (Phi) is 5.19. The maximum atomic E-state index is 13.1. The first-order valence-corrected chi connectivity index (χ1v) is 10.7. The highest BCUT2D eigenvalue weighted by Crippen LogP contribution is 2.32. The maximum absolute atomic E-state index is 13.1. The number of aromatic nitrogens is 2. The molecule has 1 aromatic heterocycles. The number of anilines is 1. The Morgan fingerprint density at radius 3 is 2.35 bits per heavy atom. The van der Waals surface area contributed by atoms with Gasteiger partial charge in [-0.05, 0) is 74.2 Å². The summed E-state index contributed by atoms with van der Waals surface area (Å²) in [6, 6.07) is 14.3. The Morgan fingerprint density at radius 1 is 1.00 bits per heavy atom. The second-order valence-corrected chi connectivity index (χ2v) is 8.45. The van der Waals surface area contributed by atoms with Gasteiger partial charge in [0.05, 0.1) is 6.54 Å². The van der Waals surface area contributed by atoms with Crippen molar-refractivity contribution in [2.45, 2.75) is 38.3 Å². The van der Waals surface area contributed by atoms with E-state index in [1.165, 1.54) is 0 Å². The van der Waals surface area contributed by atoms with Crippen LogP contribution in [0.3, 0.4) is 0 Å². The molecule has 0 aliphatic heterocycles. The lowest BCUT2D eigenvalue weighted by molar-refractivity contribution is -0.117. The van der Waals surface area contributed by atoms with E-state index >= 15 is 0 Å². The number of nitrogens with one attached hydrogen (secondary N) is 1. The molecule has 5 rings (SSSR count). The summed E-state index contributed by atoms with van der Waals surface area (Å²) in [5.41, 5.74) is 2.04. The van der Waals surface area contributed by atoms with E-state index in [-0.39, 0.29) is 30.3 Å². The van der Waals surface area contributed by atoms with Crippen molar-refractivity contribution in [1.82, 2.24) is 15.1 Å². The van der Waals surface area contributed by atoms with Crippen LogP contribution in [0.5, 0.6) is 0 Å². The van der Waals surface area contributed by atoms with Gasteiger partial charge in [0.15, 0.2) is 0 Å². The van der Waals surface area contributed by atoms with Gasteiger partial charge in [0.2, 0.25) is 17.7 Å². The molecular weight excluding hydrogens is 416 g/mol. The zero-order valence-electron chi connectivity index (χ0n) is 16.8. The first kappa shape index (κ1) is 19.8. The summed E-state index contributed by atoms with van der Waals surface area (Å²) in [4.78, 5) is 26.8. The Labute approximate surface area is 184 Å². The second kappa shape index (κ2) is 8.15. The lowest BCUT2D eigenvalue weighted by Gasteiger charge is -2.20. The largest absolute Gasteiger partial charge is 0.419 e. The quantitative estimate of drug-likeness (QED) is 0.587. The Hall–Kier alpha value is -3.19. The van der Waals surface area contributed by atoms with E-state index in [0.29, 0.717) is 28.1 Å². The Morgan fingerprint density at radius 2 is 1.71 bits per heavy atom. The van der Waals surface area contributed by atoms with Crippen molar-refractivity contribution < 1.29 is 14.0 Å². The highest BCUT2D eigenvalue weighted by atomic mass is 35.5. The van der Waals surface area contributed by atoms with Crippen molar-refractivity contribution in [3.8, 4) is 11.5 Å². The molecule has 1 heterocycles. The van der Waals surface area contributed by atoms with Crippen LogP contribution in [0.1, 0.15) is 41.9 Å². The molecule has 8 heteroatoms. The molecule has 2 fully saturated rings. The molecule has 0 spiro atoms. The van der Waals surface area contributed by atoms with Crippen molar-refractivity contribution in [2.75, 3.05) is 5.32 Å². The van der Waals surface area contributed by atoms with Gasteiger partial charge < -0.3 is 14.6 Å². The molecular formula is C23H21ClN4O3. The molecule has 0 saturated heterocycles. The molecule has 0 bridgehead atoms. The number of carbonyl (C=O) groups is 2. The van der Waals surface area contributed by atoms with Crippen LogP contribution in [-0.4, -0.2) is 33.0 Å². The van der Waals surface area contributed by atoms with E-state index in [0.717, 1.165) is 31.2 Å². The molecule has 2 saturated carbocycles. The first-order valence-electron chi connectivity index (χ1n) is 10.4. The van der Waals surface area contributed by atoms with Crippen molar-refractivity contribution in [1.29, 1.82) is 0 Å². The molecule has 2 aromatic carbocycles. The molecule has 3 aromatic rings. The van der Waals surface area contributed by atoms with E-state index < -0.39 is 0 Å². The van der Waals surface area contributed by atoms with E-state index in [1.54, 1.807) is 41.3 Å². The number of amides is 2. The molecule has 7 nitrogen and oxygen atoms in total. The fourth-order valence-electron chi connectivity index (χ4n) is 3.38. The summed E-state index contributed by atoms with van der Waals surface area (Å²) in [7, 11) is 0. The molecule has 1 N–H and O–H groups in total. The monoisotopic (exact) mass is 436 g/mol. The predicted octanol–water partition coefficient (Wildman–Crippen LogP) is 4.54. The van der Waals surface area contributed by atoms with Gasteiger partial charge in [0.1, 0.15) is 0 Å². The second-order valence-electron chi connectivity index (χ2n) is 8.01. The topological polar surface area (TPSA) is 88.3 Å². The molecule has 31 heavy (non-hydrogen) atoms. The van der Waals surface area contributed by atoms with E-state index in [9.17, 15) is 9.59 Å². The minimum absolute atomic E-state index is 0.0477. The van der Waals surface area contributed by atoms with Crippen LogP contribution < -0.4 is 5.32 Å². The summed E-state index contributed by atoms with van der Waals surface area (Å²) < 4.78 is 5.79. The molecule has 0 atom stereocenters. The normalized spacial score (nSPS) is 15.5. The summed E-state index contributed by atoms with van der Waals surface area (Å²) in [6.45, 7) is 0.254. The molecule has 0 radical (unpaired) electrons. The fourth-order valence-corrected chi connectivity index (χ4v) is 3.50. The van der Waals surface area contributed by atoms with Gasteiger partial charge >= 0.3 is 0 Å². The van der Waals surface area contributed by atoms with Gasteiger partial charge in [-0.25, -0.2) is 0 Å². The van der Waals surface area contributed by atoms with Crippen LogP contribution in [0, 0.1) is 5.92 Å². The Balaban J connectivity index is 1.28. The third-order valence-electron chi connectivity index (χ3n) is 5.46. The minimum Gasteiger partial charge on any atom is -0.419 e. The lowest BCUT2D eigenvalue weighted by Crippen LogP contribution is -2.32. The average molecular weight is 437 g/mol. The zero-order valence-corrected chi connectivity index (χ0v) is 17.5. The van der Waals surface area contributed by atoms with E-state index in [2.05, 4.69) is 15.5 Å². The molecule has 158 valence electrons. The number of carbonyl (C=O) groups excluding carboxylic acids is 2. The van der Waals surface area contributed by atoms with Crippen LogP contribution in [0.2, 0.25) is 5.02 Å². The van der Waals surface area contributed by atoms with Gasteiger partial charge in [0, 0.05) is 33.8 Å². The molecule has 2 aliphatic carbocycles. The lowest BCUT2D eigenvalue weighted by atomic mass is 10.1. The summed E-state index contributed by atoms with van der Waals surface area (Å²) in [5.74, 6) is 0.878. The number of hydrogen-bond donors (Lipinski definition) is 1. The highest BCUT2D eigenvalue weighted by molar-refractivity contribution is 6.30. The number of hydrogen-bond acceptors (Lipinski definition) is 5. The van der Waals surface area contributed by atoms with Gasteiger partial charge in [-0.2, -0.15) is 0 Å². The standard InChI is InChI=1S/C23H21ClN4O3/c24-17-7-3-15(4-8-17)22-27-26-20(31-22)13-28(19-11-12-19)23(30)16-5-9-18(10-6-16)25-21(29)14-1-2-14/h3-10,14,19H,1-2,11-13H2,(H,25,29). The summed E-state index contributed by atoms with van der Waals surface area (Å²) in [6.07, 6.45) is 3.82. The third-order valence-corrected chi connectivity index (χ3v) is 5.71. The minimum atomic E-state index is -0.0891. The number of benzene rings is 2. The summed E-state index contributed by atoms with van der Waals surface area (Å²) in [5, 5.41) is 11.7. The molecule has 0 unspecified atom stereocenters. The van der Waals surface area contributed by atoms with Gasteiger partial charge in [-0.1, -0.05) is 11.6 Å². The van der Waals surface area contributed by atoms with Gasteiger partial charge in [0.25, 0.3) is 5.91 Å². The van der Waals surface area contributed by atoms with Crippen molar-refractivity contribution in [2.24, 2.45) is 5.92 Å². The average Bonchev–Trinajstić information content (AvgIpc) is 3.71. The number of nitrogens with zero attached hydrogens (tertiary/aromatic N) is 3.